The quantitative estimate of drug-likeness (QED) is 0.773. The molecule has 1 aliphatic carbocycles. The summed E-state index contributed by atoms with van der Waals surface area (Å²) in [6.45, 7) is 9.51. The van der Waals surface area contributed by atoms with E-state index in [1.807, 2.05) is 6.92 Å². The van der Waals surface area contributed by atoms with Crippen LogP contribution in [-0.4, -0.2) is 36.5 Å². The largest absolute Gasteiger partial charge is 0.479 e. The Hall–Kier alpha value is -0.610. The highest BCUT2D eigenvalue weighted by Crippen LogP contribution is 2.39. The van der Waals surface area contributed by atoms with Gasteiger partial charge in [0.2, 0.25) is 0 Å². The summed E-state index contributed by atoms with van der Waals surface area (Å²) in [5.41, 5.74) is 0.328. The van der Waals surface area contributed by atoms with E-state index in [2.05, 4.69) is 20.8 Å². The van der Waals surface area contributed by atoms with Gasteiger partial charge in [-0.1, -0.05) is 20.8 Å². The van der Waals surface area contributed by atoms with Crippen LogP contribution in [0.4, 0.5) is 0 Å². The lowest BCUT2D eigenvalue weighted by molar-refractivity contribution is -0.152. The van der Waals surface area contributed by atoms with E-state index in [-0.39, 0.29) is 6.10 Å². The predicted octanol–water partition coefficient (Wildman–Crippen LogP) is 3.10. The Balaban J connectivity index is 2.33. The van der Waals surface area contributed by atoms with E-state index in [9.17, 15) is 4.79 Å². The van der Waals surface area contributed by atoms with Crippen LogP contribution in [0.5, 0.6) is 0 Å². The Kier molecular flexibility index (Phi) is 6.27. The molecule has 1 saturated carbocycles. The molecule has 1 aliphatic rings. The van der Waals surface area contributed by atoms with Crippen molar-refractivity contribution in [2.75, 3.05) is 13.2 Å². The first kappa shape index (κ1) is 16.4. The molecule has 1 N–H and O–H groups in total. The van der Waals surface area contributed by atoms with Crippen molar-refractivity contribution in [3.05, 3.63) is 0 Å². The molecule has 4 heteroatoms. The summed E-state index contributed by atoms with van der Waals surface area (Å²) in [5, 5.41) is 8.99. The van der Waals surface area contributed by atoms with E-state index in [1.165, 1.54) is 6.42 Å². The molecule has 0 radical (unpaired) electrons. The Bertz CT molecular complexity index is 288. The van der Waals surface area contributed by atoms with Crippen molar-refractivity contribution in [1.29, 1.82) is 0 Å². The van der Waals surface area contributed by atoms with Crippen molar-refractivity contribution in [3.8, 4) is 0 Å². The topological polar surface area (TPSA) is 55.8 Å². The summed E-state index contributed by atoms with van der Waals surface area (Å²) in [4.78, 5) is 10.9. The molecule has 3 atom stereocenters. The number of carboxylic acids is 1. The standard InChI is InChI=1S/C15H28O4/c1-5-18-13(14(16)17)6-7-19-12-8-11(2)9-15(3,4)10-12/h11-13H,5-10H2,1-4H3,(H,16,17). The van der Waals surface area contributed by atoms with Crippen LogP contribution < -0.4 is 0 Å². The van der Waals surface area contributed by atoms with Crippen LogP contribution in [0.2, 0.25) is 0 Å². The number of ether oxygens (including phenoxy) is 2. The summed E-state index contributed by atoms with van der Waals surface area (Å²) < 4.78 is 11.0. The van der Waals surface area contributed by atoms with Crippen LogP contribution in [0.1, 0.15) is 53.4 Å². The van der Waals surface area contributed by atoms with Crippen molar-refractivity contribution in [3.63, 3.8) is 0 Å². The van der Waals surface area contributed by atoms with Gasteiger partial charge in [-0.25, -0.2) is 4.79 Å². The Morgan fingerprint density at radius 1 is 1.42 bits per heavy atom. The maximum atomic E-state index is 10.9. The highest BCUT2D eigenvalue weighted by molar-refractivity contribution is 5.72. The molecule has 0 amide bonds. The molecule has 1 fully saturated rings. The highest BCUT2D eigenvalue weighted by atomic mass is 16.5. The minimum absolute atomic E-state index is 0.259. The van der Waals surface area contributed by atoms with Crippen molar-refractivity contribution < 1.29 is 19.4 Å². The summed E-state index contributed by atoms with van der Waals surface area (Å²) in [6, 6.07) is 0. The van der Waals surface area contributed by atoms with Crippen LogP contribution in [0.15, 0.2) is 0 Å². The normalized spacial score (nSPS) is 28.0. The number of rotatable bonds is 7. The third-order valence-electron chi connectivity index (χ3n) is 3.72. The van der Waals surface area contributed by atoms with Gasteiger partial charge in [0, 0.05) is 19.6 Å². The maximum absolute atomic E-state index is 10.9. The summed E-state index contributed by atoms with van der Waals surface area (Å²) in [5.74, 6) is -0.223. The van der Waals surface area contributed by atoms with Gasteiger partial charge in [-0.3, -0.25) is 0 Å². The smallest absolute Gasteiger partial charge is 0.332 e. The minimum Gasteiger partial charge on any atom is -0.479 e. The lowest BCUT2D eigenvalue weighted by Crippen LogP contribution is -2.33. The van der Waals surface area contributed by atoms with Crippen LogP contribution >= 0.6 is 0 Å². The van der Waals surface area contributed by atoms with Gasteiger partial charge in [0.15, 0.2) is 6.10 Å². The van der Waals surface area contributed by atoms with E-state index < -0.39 is 12.1 Å². The van der Waals surface area contributed by atoms with Gasteiger partial charge >= 0.3 is 5.97 Å². The van der Waals surface area contributed by atoms with Crippen LogP contribution in [0.25, 0.3) is 0 Å². The second-order valence-corrected chi connectivity index (χ2v) is 6.48. The zero-order chi connectivity index (χ0) is 14.5. The molecule has 0 aromatic heterocycles. The fourth-order valence-corrected chi connectivity index (χ4v) is 3.21. The molecule has 0 spiro atoms. The molecular formula is C15H28O4. The van der Waals surface area contributed by atoms with E-state index in [1.54, 1.807) is 0 Å². The van der Waals surface area contributed by atoms with Gasteiger partial charge in [0.25, 0.3) is 0 Å². The zero-order valence-corrected chi connectivity index (χ0v) is 12.6. The van der Waals surface area contributed by atoms with Crippen molar-refractivity contribution in [2.24, 2.45) is 11.3 Å². The second-order valence-electron chi connectivity index (χ2n) is 6.48. The van der Waals surface area contributed by atoms with Crippen molar-refractivity contribution in [1.82, 2.24) is 0 Å². The SMILES string of the molecule is CCOC(CCOC1CC(C)CC(C)(C)C1)C(=O)O. The third kappa shape index (κ3) is 5.91. The molecule has 4 nitrogen and oxygen atoms in total. The molecule has 0 aromatic rings. The van der Waals surface area contributed by atoms with Crippen LogP contribution in [0, 0.1) is 11.3 Å². The molecule has 3 unspecified atom stereocenters. The number of carboxylic acid groups (broad SMARTS) is 1. The number of hydrogen-bond acceptors (Lipinski definition) is 3. The second kappa shape index (κ2) is 7.25. The molecule has 1 rings (SSSR count). The summed E-state index contributed by atoms with van der Waals surface area (Å²) >= 11 is 0. The average molecular weight is 272 g/mol. The Labute approximate surface area is 116 Å². The van der Waals surface area contributed by atoms with Crippen molar-refractivity contribution >= 4 is 5.97 Å². The highest BCUT2D eigenvalue weighted by Gasteiger charge is 2.32. The van der Waals surface area contributed by atoms with E-state index in [0.717, 1.165) is 12.8 Å². The monoisotopic (exact) mass is 272 g/mol. The van der Waals surface area contributed by atoms with Gasteiger partial charge in [-0.2, -0.15) is 0 Å². The Morgan fingerprint density at radius 3 is 2.63 bits per heavy atom. The van der Waals surface area contributed by atoms with Gasteiger partial charge in [-0.05, 0) is 37.5 Å². The number of aliphatic carboxylic acids is 1. The molecule has 19 heavy (non-hydrogen) atoms. The fourth-order valence-electron chi connectivity index (χ4n) is 3.21. The van der Waals surface area contributed by atoms with E-state index in [0.29, 0.717) is 31.0 Å². The lowest BCUT2D eigenvalue weighted by atomic mass is 9.71. The van der Waals surface area contributed by atoms with Gasteiger partial charge in [0.1, 0.15) is 0 Å². The Morgan fingerprint density at radius 2 is 2.11 bits per heavy atom. The molecule has 0 bridgehead atoms. The van der Waals surface area contributed by atoms with Gasteiger partial charge in [0.05, 0.1) is 6.10 Å². The number of hydrogen-bond donors (Lipinski definition) is 1. The van der Waals surface area contributed by atoms with Crippen LogP contribution in [-0.2, 0) is 14.3 Å². The molecule has 0 aromatic carbocycles. The predicted molar refractivity (Wildman–Crippen MR) is 74.2 cm³/mol. The fraction of sp³-hybridized carbons (Fsp3) is 0.933. The lowest BCUT2D eigenvalue weighted by Gasteiger charge is -2.38. The first-order valence-electron chi connectivity index (χ1n) is 7.30. The number of carbonyl (C=O) groups is 1. The molecular weight excluding hydrogens is 244 g/mol. The molecule has 112 valence electrons. The first-order chi connectivity index (χ1) is 8.84. The van der Waals surface area contributed by atoms with Gasteiger partial charge in [-0.15, -0.1) is 0 Å². The third-order valence-corrected chi connectivity index (χ3v) is 3.72. The minimum atomic E-state index is -0.900. The van der Waals surface area contributed by atoms with Crippen LogP contribution in [0.3, 0.4) is 0 Å². The molecule has 0 aliphatic heterocycles. The summed E-state index contributed by atoms with van der Waals surface area (Å²) in [7, 11) is 0. The molecule has 0 saturated heterocycles. The average Bonchev–Trinajstić information content (AvgIpc) is 2.24. The first-order valence-corrected chi connectivity index (χ1v) is 7.30. The van der Waals surface area contributed by atoms with Crippen molar-refractivity contribution in [2.45, 2.75) is 65.6 Å². The maximum Gasteiger partial charge on any atom is 0.332 e. The van der Waals surface area contributed by atoms with Gasteiger partial charge < -0.3 is 14.6 Å². The van der Waals surface area contributed by atoms with E-state index in [4.69, 9.17) is 14.6 Å². The molecule has 0 heterocycles. The zero-order valence-electron chi connectivity index (χ0n) is 12.6. The summed E-state index contributed by atoms with van der Waals surface area (Å²) in [6.07, 6.45) is 3.33. The van der Waals surface area contributed by atoms with E-state index >= 15 is 0 Å².